The van der Waals surface area contributed by atoms with E-state index in [-0.39, 0.29) is 12.1 Å². The van der Waals surface area contributed by atoms with E-state index in [4.69, 9.17) is 0 Å². The lowest BCUT2D eigenvalue weighted by Crippen LogP contribution is -2.49. The van der Waals surface area contributed by atoms with E-state index in [1.807, 2.05) is 14.0 Å². The third kappa shape index (κ3) is 1.10. The van der Waals surface area contributed by atoms with Gasteiger partial charge in [-0.3, -0.25) is 9.80 Å². The molecule has 0 aliphatic carbocycles. The van der Waals surface area contributed by atoms with Crippen LogP contribution in [-0.4, -0.2) is 29.8 Å². The quantitative estimate of drug-likeness (QED) is 0.506. The fraction of sp³-hybridized carbons (Fsp3) is 0.667. The van der Waals surface area contributed by atoms with Crippen molar-refractivity contribution in [2.45, 2.75) is 20.0 Å². The first kappa shape index (κ1) is 7.05. The minimum atomic E-state index is -0.0781. The first-order chi connectivity index (χ1) is 4.61. The number of nitrogens with zero attached hydrogens (tertiary/aromatic N) is 2. The van der Waals surface area contributed by atoms with Gasteiger partial charge in [-0.25, -0.2) is 0 Å². The Morgan fingerprint density at radius 2 is 2.30 bits per heavy atom. The van der Waals surface area contributed by atoms with Crippen molar-refractivity contribution in [1.29, 1.82) is 0 Å². The molecule has 0 spiro atoms. The summed E-state index contributed by atoms with van der Waals surface area (Å²) in [4.78, 5) is 10.9. The number of hydrogen-bond acceptors (Lipinski definition) is 3. The minimum Gasteiger partial charge on any atom is -0.330 e. The maximum absolute atomic E-state index is 10.9. The maximum Gasteiger partial charge on any atom is 0.268 e. The standard InChI is InChI=1S/C6H11N3O/c1-4-6(10)7-5(2)9(3)8-4/h5H,1-3H3,(H,7,10). The number of carbonyl (C=O) groups is 1. The third-order valence-electron chi connectivity index (χ3n) is 1.54. The van der Waals surface area contributed by atoms with Crippen LogP contribution >= 0.6 is 0 Å². The zero-order valence-corrected chi connectivity index (χ0v) is 6.38. The van der Waals surface area contributed by atoms with Crippen LogP contribution in [0, 0.1) is 0 Å². The zero-order valence-electron chi connectivity index (χ0n) is 6.38. The maximum atomic E-state index is 10.9. The highest BCUT2D eigenvalue weighted by molar-refractivity contribution is 6.38. The molecule has 0 bridgehead atoms. The smallest absolute Gasteiger partial charge is 0.268 e. The van der Waals surface area contributed by atoms with Gasteiger partial charge in [-0.2, -0.15) is 5.10 Å². The summed E-state index contributed by atoms with van der Waals surface area (Å²) < 4.78 is 0. The van der Waals surface area contributed by atoms with Gasteiger partial charge in [0.1, 0.15) is 11.9 Å². The van der Waals surface area contributed by atoms with Crippen LogP contribution in [0.3, 0.4) is 0 Å². The molecule has 1 unspecified atom stereocenters. The minimum absolute atomic E-state index is 0.0104. The Bertz CT molecular complexity index is 187. The summed E-state index contributed by atoms with van der Waals surface area (Å²) in [5, 5.41) is 8.44. The van der Waals surface area contributed by atoms with Crippen molar-refractivity contribution < 1.29 is 4.79 Å². The summed E-state index contributed by atoms with van der Waals surface area (Å²) >= 11 is 0. The Balaban J connectivity index is 2.79. The van der Waals surface area contributed by atoms with Crippen molar-refractivity contribution in [2.24, 2.45) is 5.10 Å². The van der Waals surface area contributed by atoms with Gasteiger partial charge in [-0.1, -0.05) is 0 Å². The predicted molar refractivity (Wildman–Crippen MR) is 38.5 cm³/mol. The van der Waals surface area contributed by atoms with Gasteiger partial charge < -0.3 is 5.32 Å². The summed E-state index contributed by atoms with van der Waals surface area (Å²) in [5.41, 5.74) is 0.514. The number of carbonyl (C=O) groups excluding carboxylic acids is 1. The van der Waals surface area contributed by atoms with Crippen molar-refractivity contribution in [3.05, 3.63) is 0 Å². The second-order valence-corrected chi connectivity index (χ2v) is 2.41. The molecule has 4 nitrogen and oxygen atoms in total. The van der Waals surface area contributed by atoms with Gasteiger partial charge in [0, 0.05) is 7.05 Å². The highest BCUT2D eigenvalue weighted by Gasteiger charge is 2.18. The molecule has 1 amide bonds. The number of hydrazone groups is 1. The molecule has 0 aromatic heterocycles. The van der Waals surface area contributed by atoms with Crippen molar-refractivity contribution in [1.82, 2.24) is 10.3 Å². The summed E-state index contributed by atoms with van der Waals surface area (Å²) in [6, 6.07) is 0. The lowest BCUT2D eigenvalue weighted by molar-refractivity contribution is -0.117. The van der Waals surface area contributed by atoms with Crippen LogP contribution in [0.2, 0.25) is 0 Å². The van der Waals surface area contributed by atoms with Gasteiger partial charge in [-0.05, 0) is 13.8 Å². The first-order valence-corrected chi connectivity index (χ1v) is 3.20. The molecule has 1 rings (SSSR count). The summed E-state index contributed by atoms with van der Waals surface area (Å²) in [6.45, 7) is 3.57. The third-order valence-corrected chi connectivity index (χ3v) is 1.54. The van der Waals surface area contributed by atoms with Crippen LogP contribution in [-0.2, 0) is 4.79 Å². The van der Waals surface area contributed by atoms with E-state index in [0.717, 1.165) is 0 Å². The molecule has 10 heavy (non-hydrogen) atoms. The molecule has 0 aromatic rings. The molecule has 0 fully saturated rings. The summed E-state index contributed by atoms with van der Waals surface area (Å²) in [5.74, 6) is -0.0781. The molecule has 1 heterocycles. The molecule has 1 N–H and O–H groups in total. The van der Waals surface area contributed by atoms with E-state index in [1.165, 1.54) is 0 Å². The molecule has 1 aliphatic heterocycles. The molecule has 0 radical (unpaired) electrons. The number of rotatable bonds is 0. The van der Waals surface area contributed by atoms with E-state index in [0.29, 0.717) is 5.71 Å². The summed E-state index contributed by atoms with van der Waals surface area (Å²) in [6.07, 6.45) is 0.0104. The lowest BCUT2D eigenvalue weighted by atomic mass is 10.3. The SMILES string of the molecule is CC1=NN(C)C(C)NC1=O. The van der Waals surface area contributed by atoms with E-state index < -0.39 is 0 Å². The van der Waals surface area contributed by atoms with Gasteiger partial charge >= 0.3 is 0 Å². The summed E-state index contributed by atoms with van der Waals surface area (Å²) in [7, 11) is 1.83. The largest absolute Gasteiger partial charge is 0.330 e. The molecular weight excluding hydrogens is 130 g/mol. The molecule has 1 aliphatic rings. The molecule has 0 saturated heterocycles. The van der Waals surface area contributed by atoms with E-state index in [2.05, 4.69) is 10.4 Å². The second-order valence-electron chi connectivity index (χ2n) is 2.41. The molecule has 4 heteroatoms. The average Bonchev–Trinajstić information content (AvgIpc) is 1.84. The number of nitrogens with one attached hydrogen (secondary N) is 1. The predicted octanol–water partition coefficient (Wildman–Crippen LogP) is -0.230. The average molecular weight is 141 g/mol. The number of hydrogen-bond donors (Lipinski definition) is 1. The van der Waals surface area contributed by atoms with Crippen LogP contribution < -0.4 is 5.32 Å². The highest BCUT2D eigenvalue weighted by Crippen LogP contribution is 1.98. The normalized spacial score (nSPS) is 25.9. The fourth-order valence-corrected chi connectivity index (χ4v) is 0.756. The van der Waals surface area contributed by atoms with E-state index >= 15 is 0 Å². The highest BCUT2D eigenvalue weighted by atomic mass is 16.2. The molecule has 0 aromatic carbocycles. The van der Waals surface area contributed by atoms with Gasteiger partial charge in [0.2, 0.25) is 0 Å². The van der Waals surface area contributed by atoms with E-state index in [9.17, 15) is 4.79 Å². The van der Waals surface area contributed by atoms with Crippen LogP contribution in [0.15, 0.2) is 5.10 Å². The monoisotopic (exact) mass is 141 g/mol. The fourth-order valence-electron chi connectivity index (χ4n) is 0.756. The molecule has 1 atom stereocenters. The van der Waals surface area contributed by atoms with Gasteiger partial charge in [-0.15, -0.1) is 0 Å². The Morgan fingerprint density at radius 1 is 1.70 bits per heavy atom. The first-order valence-electron chi connectivity index (χ1n) is 3.20. The van der Waals surface area contributed by atoms with E-state index in [1.54, 1.807) is 11.9 Å². The van der Waals surface area contributed by atoms with Crippen molar-refractivity contribution in [3.63, 3.8) is 0 Å². The second kappa shape index (κ2) is 2.28. The van der Waals surface area contributed by atoms with Crippen molar-refractivity contribution in [2.75, 3.05) is 7.05 Å². The zero-order chi connectivity index (χ0) is 7.72. The number of amides is 1. The van der Waals surface area contributed by atoms with Gasteiger partial charge in [0.15, 0.2) is 0 Å². The Labute approximate surface area is 59.9 Å². The van der Waals surface area contributed by atoms with Crippen LogP contribution in [0.5, 0.6) is 0 Å². The van der Waals surface area contributed by atoms with Crippen LogP contribution in [0.1, 0.15) is 13.8 Å². The Morgan fingerprint density at radius 3 is 2.80 bits per heavy atom. The lowest BCUT2D eigenvalue weighted by Gasteiger charge is -2.27. The van der Waals surface area contributed by atoms with Gasteiger partial charge in [0.05, 0.1) is 0 Å². The Kier molecular flexibility index (Phi) is 1.61. The van der Waals surface area contributed by atoms with Crippen molar-refractivity contribution in [3.8, 4) is 0 Å². The van der Waals surface area contributed by atoms with Crippen molar-refractivity contribution >= 4 is 11.6 Å². The Hall–Kier alpha value is -1.06. The van der Waals surface area contributed by atoms with Gasteiger partial charge in [0.25, 0.3) is 5.91 Å². The van der Waals surface area contributed by atoms with Crippen LogP contribution in [0.4, 0.5) is 0 Å². The molecular formula is C6H11N3O. The molecule has 56 valence electrons. The topological polar surface area (TPSA) is 44.7 Å². The van der Waals surface area contributed by atoms with Crippen LogP contribution in [0.25, 0.3) is 0 Å². The molecule has 0 saturated carbocycles.